The Bertz CT molecular complexity index is 875. The Labute approximate surface area is 195 Å². The first-order chi connectivity index (χ1) is 15.5. The van der Waals surface area contributed by atoms with Gasteiger partial charge in [0.1, 0.15) is 12.1 Å². The minimum Gasteiger partial charge on any atom is -0.444 e. The molecule has 9 heteroatoms. The molecule has 0 spiro atoms. The summed E-state index contributed by atoms with van der Waals surface area (Å²) >= 11 is 0. The summed E-state index contributed by atoms with van der Waals surface area (Å²) in [6.45, 7) is 9.12. The molecule has 2 unspecified atom stereocenters. The van der Waals surface area contributed by atoms with Crippen LogP contribution in [0.2, 0.25) is 0 Å². The fourth-order valence-electron chi connectivity index (χ4n) is 4.19. The van der Waals surface area contributed by atoms with Gasteiger partial charge in [0.15, 0.2) is 0 Å². The van der Waals surface area contributed by atoms with E-state index in [-0.39, 0.29) is 42.6 Å². The SMILES string of the molecule is CC(c1ccccc1)N1CC(C(=O)N2CCN(C(=O)CNC(=O)OC(C)(C)C)CC2)CC1=O. The summed E-state index contributed by atoms with van der Waals surface area (Å²) < 4.78 is 5.14. The number of alkyl carbamates (subject to hydrolysis) is 1. The minimum absolute atomic E-state index is 0.00765. The topological polar surface area (TPSA) is 99.3 Å². The molecule has 0 bridgehead atoms. The summed E-state index contributed by atoms with van der Waals surface area (Å²) in [6.07, 6.45) is -0.417. The van der Waals surface area contributed by atoms with Crippen LogP contribution >= 0.6 is 0 Å². The van der Waals surface area contributed by atoms with Crippen molar-refractivity contribution in [2.45, 2.75) is 45.8 Å². The van der Waals surface area contributed by atoms with Crippen LogP contribution in [-0.2, 0) is 19.1 Å². The first-order valence-electron chi connectivity index (χ1n) is 11.4. The quantitative estimate of drug-likeness (QED) is 0.725. The molecule has 3 rings (SSSR count). The number of nitrogens with one attached hydrogen (secondary N) is 1. The molecule has 2 atom stereocenters. The van der Waals surface area contributed by atoms with E-state index in [9.17, 15) is 19.2 Å². The van der Waals surface area contributed by atoms with E-state index in [4.69, 9.17) is 4.74 Å². The summed E-state index contributed by atoms with van der Waals surface area (Å²) in [6, 6.07) is 9.72. The van der Waals surface area contributed by atoms with Crippen molar-refractivity contribution in [3.05, 3.63) is 35.9 Å². The molecular formula is C24H34N4O5. The first kappa shape index (κ1) is 24.5. The lowest BCUT2D eigenvalue weighted by Gasteiger charge is -2.36. The zero-order valence-corrected chi connectivity index (χ0v) is 19.9. The van der Waals surface area contributed by atoms with E-state index in [1.165, 1.54) is 0 Å². The maximum absolute atomic E-state index is 13.0. The number of hydrogen-bond acceptors (Lipinski definition) is 5. The number of piperazine rings is 1. The Morgan fingerprint density at radius 3 is 2.27 bits per heavy atom. The van der Waals surface area contributed by atoms with E-state index >= 15 is 0 Å². The molecule has 2 aliphatic rings. The highest BCUT2D eigenvalue weighted by Crippen LogP contribution is 2.29. The number of nitrogens with zero attached hydrogens (tertiary/aromatic N) is 3. The van der Waals surface area contributed by atoms with E-state index in [1.807, 2.05) is 37.3 Å². The third-order valence-electron chi connectivity index (χ3n) is 5.98. The number of benzene rings is 1. The van der Waals surface area contributed by atoms with E-state index in [1.54, 1.807) is 35.5 Å². The molecule has 0 aromatic heterocycles. The number of carbonyl (C=O) groups is 4. The number of ether oxygens (including phenoxy) is 1. The predicted molar refractivity (Wildman–Crippen MR) is 122 cm³/mol. The lowest BCUT2D eigenvalue weighted by molar-refractivity contribution is -0.141. The minimum atomic E-state index is -0.634. The first-order valence-corrected chi connectivity index (χ1v) is 11.4. The summed E-state index contributed by atoms with van der Waals surface area (Å²) in [4.78, 5) is 54.9. The molecule has 2 heterocycles. The van der Waals surface area contributed by atoms with Gasteiger partial charge in [-0.3, -0.25) is 14.4 Å². The predicted octanol–water partition coefficient (Wildman–Crippen LogP) is 1.79. The maximum Gasteiger partial charge on any atom is 0.408 e. The van der Waals surface area contributed by atoms with Gasteiger partial charge in [-0.2, -0.15) is 0 Å². The van der Waals surface area contributed by atoms with Crippen molar-refractivity contribution in [1.29, 1.82) is 0 Å². The van der Waals surface area contributed by atoms with Crippen molar-refractivity contribution >= 4 is 23.8 Å². The van der Waals surface area contributed by atoms with E-state index in [0.717, 1.165) is 5.56 Å². The van der Waals surface area contributed by atoms with Gasteiger partial charge in [0.25, 0.3) is 0 Å². The maximum atomic E-state index is 13.0. The average molecular weight is 459 g/mol. The van der Waals surface area contributed by atoms with Gasteiger partial charge in [0, 0.05) is 39.1 Å². The molecule has 9 nitrogen and oxygen atoms in total. The van der Waals surface area contributed by atoms with Crippen molar-refractivity contribution in [3.63, 3.8) is 0 Å². The van der Waals surface area contributed by atoms with Crippen LogP contribution in [0.4, 0.5) is 4.79 Å². The fourth-order valence-corrected chi connectivity index (χ4v) is 4.19. The molecule has 4 amide bonds. The van der Waals surface area contributed by atoms with Crippen LogP contribution in [0.3, 0.4) is 0 Å². The molecular weight excluding hydrogens is 424 g/mol. The number of rotatable bonds is 5. The zero-order valence-electron chi connectivity index (χ0n) is 19.9. The largest absolute Gasteiger partial charge is 0.444 e. The molecule has 1 aromatic rings. The van der Waals surface area contributed by atoms with Gasteiger partial charge in [0.2, 0.25) is 17.7 Å². The number of hydrogen-bond donors (Lipinski definition) is 1. The monoisotopic (exact) mass is 458 g/mol. The summed E-state index contributed by atoms with van der Waals surface area (Å²) in [7, 11) is 0. The van der Waals surface area contributed by atoms with Crippen LogP contribution in [0.25, 0.3) is 0 Å². The van der Waals surface area contributed by atoms with E-state index in [0.29, 0.717) is 32.7 Å². The van der Waals surface area contributed by atoms with E-state index in [2.05, 4.69) is 5.32 Å². The van der Waals surface area contributed by atoms with Gasteiger partial charge in [-0.25, -0.2) is 4.79 Å². The molecule has 2 saturated heterocycles. The van der Waals surface area contributed by atoms with Crippen molar-refractivity contribution < 1.29 is 23.9 Å². The van der Waals surface area contributed by atoms with E-state index < -0.39 is 11.7 Å². The Hall–Kier alpha value is -3.10. The van der Waals surface area contributed by atoms with Gasteiger partial charge in [-0.05, 0) is 33.3 Å². The molecule has 2 fully saturated rings. The molecule has 1 aromatic carbocycles. The van der Waals surface area contributed by atoms with Crippen molar-refractivity contribution in [3.8, 4) is 0 Å². The van der Waals surface area contributed by atoms with Crippen molar-refractivity contribution in [2.24, 2.45) is 5.92 Å². The van der Waals surface area contributed by atoms with Crippen LogP contribution in [0.1, 0.15) is 45.7 Å². The van der Waals surface area contributed by atoms with Crippen LogP contribution in [0.15, 0.2) is 30.3 Å². The van der Waals surface area contributed by atoms with Crippen LogP contribution in [-0.4, -0.2) is 83.4 Å². The van der Waals surface area contributed by atoms with Gasteiger partial charge in [0.05, 0.1) is 12.0 Å². The van der Waals surface area contributed by atoms with Crippen LogP contribution < -0.4 is 5.32 Å². The summed E-state index contributed by atoms with van der Waals surface area (Å²) in [5.41, 5.74) is 0.418. The Morgan fingerprint density at radius 2 is 1.67 bits per heavy atom. The number of carbonyl (C=O) groups excluding carboxylic acids is 4. The fraction of sp³-hybridized carbons (Fsp3) is 0.583. The summed E-state index contributed by atoms with van der Waals surface area (Å²) in [5.74, 6) is -0.622. The highest BCUT2D eigenvalue weighted by Gasteiger charge is 2.39. The normalized spacial score (nSPS) is 19.9. The standard InChI is InChI=1S/C24H34N4O5/c1-17(18-8-6-5-7-9-18)28-16-19(14-20(28)29)22(31)27-12-10-26(11-13-27)21(30)15-25-23(32)33-24(2,3)4/h5-9,17,19H,10-16H2,1-4H3,(H,25,32). The van der Waals surface area contributed by atoms with Crippen molar-refractivity contribution in [1.82, 2.24) is 20.0 Å². The lowest BCUT2D eigenvalue weighted by Crippen LogP contribution is -2.54. The van der Waals surface area contributed by atoms with Gasteiger partial charge in [-0.1, -0.05) is 30.3 Å². The molecule has 1 N–H and O–H groups in total. The Balaban J connectivity index is 1.46. The molecule has 2 aliphatic heterocycles. The second-order valence-electron chi connectivity index (χ2n) is 9.60. The molecule has 0 radical (unpaired) electrons. The average Bonchev–Trinajstić information content (AvgIpc) is 3.17. The van der Waals surface area contributed by atoms with Gasteiger partial charge < -0.3 is 24.8 Å². The Kier molecular flexibility index (Phi) is 7.61. The zero-order chi connectivity index (χ0) is 24.2. The highest BCUT2D eigenvalue weighted by molar-refractivity contribution is 5.90. The number of amides is 4. The van der Waals surface area contributed by atoms with Gasteiger partial charge >= 0.3 is 6.09 Å². The van der Waals surface area contributed by atoms with Crippen molar-refractivity contribution in [2.75, 3.05) is 39.3 Å². The highest BCUT2D eigenvalue weighted by atomic mass is 16.6. The summed E-state index contributed by atoms with van der Waals surface area (Å²) in [5, 5.41) is 2.47. The number of likely N-dealkylation sites (tertiary alicyclic amines) is 1. The van der Waals surface area contributed by atoms with Crippen LogP contribution in [0, 0.1) is 5.92 Å². The Morgan fingerprint density at radius 1 is 1.06 bits per heavy atom. The van der Waals surface area contributed by atoms with Gasteiger partial charge in [-0.15, -0.1) is 0 Å². The van der Waals surface area contributed by atoms with Crippen LogP contribution in [0.5, 0.6) is 0 Å². The third-order valence-corrected chi connectivity index (χ3v) is 5.98. The third kappa shape index (κ3) is 6.46. The molecule has 180 valence electrons. The smallest absolute Gasteiger partial charge is 0.408 e. The lowest BCUT2D eigenvalue weighted by atomic mass is 10.1. The molecule has 0 aliphatic carbocycles. The second kappa shape index (κ2) is 10.2. The molecule has 33 heavy (non-hydrogen) atoms. The second-order valence-corrected chi connectivity index (χ2v) is 9.60. The molecule has 0 saturated carbocycles.